The molecule has 16 nitrogen and oxygen atoms in total. The van der Waals surface area contributed by atoms with Crippen LogP contribution >= 0.6 is 0 Å². The quantitative estimate of drug-likeness (QED) is 0.180. The molecule has 8 rings (SSSR count). The molecule has 4 bridgehead atoms. The van der Waals surface area contributed by atoms with Crippen molar-refractivity contribution in [3.8, 4) is 0 Å². The zero-order valence-corrected chi connectivity index (χ0v) is 34.7. The third kappa shape index (κ3) is 7.03. The first-order valence-electron chi connectivity index (χ1n) is 19.4. The van der Waals surface area contributed by atoms with Crippen molar-refractivity contribution >= 4 is 44.1 Å². The molecule has 6 heterocycles. The van der Waals surface area contributed by atoms with Gasteiger partial charge >= 0.3 is 11.9 Å². The van der Waals surface area contributed by atoms with E-state index in [1.54, 1.807) is 38.2 Å². The summed E-state index contributed by atoms with van der Waals surface area (Å²) in [5, 5.41) is 39.7. The number of aliphatic carboxylic acids is 2. The fourth-order valence-electron chi connectivity index (χ4n) is 9.51. The van der Waals surface area contributed by atoms with Gasteiger partial charge < -0.3 is 29.6 Å². The first-order valence-corrected chi connectivity index (χ1v) is 22.3. The number of sulfonamides is 2. The number of nitrogens with zero attached hydrogens (tertiary/aromatic N) is 4. The molecule has 0 saturated carbocycles. The van der Waals surface area contributed by atoms with E-state index in [0.29, 0.717) is 11.1 Å². The number of halogens is 2. The van der Waals surface area contributed by atoms with Gasteiger partial charge in [0, 0.05) is 72.7 Å². The molecule has 0 spiro atoms. The Balaban J connectivity index is 0.000000186. The number of carboxylic acid groups (broad SMARTS) is 2. The number of carboxylic acids is 2. The highest BCUT2D eigenvalue weighted by atomic mass is 32.2. The molecule has 62 heavy (non-hydrogen) atoms. The second-order valence-corrected chi connectivity index (χ2v) is 18.9. The second kappa shape index (κ2) is 16.9. The normalized spacial score (nSPS) is 25.6. The highest BCUT2D eigenvalue weighted by molar-refractivity contribution is 7.89. The monoisotopic (exact) mass is 896 g/mol. The van der Waals surface area contributed by atoms with Gasteiger partial charge in [-0.3, -0.25) is 19.2 Å². The highest BCUT2D eigenvalue weighted by Crippen LogP contribution is 2.52. The van der Waals surface area contributed by atoms with Crippen molar-refractivity contribution in [1.82, 2.24) is 17.7 Å². The zero-order chi connectivity index (χ0) is 45.0. The third-order valence-corrected chi connectivity index (χ3v) is 16.0. The van der Waals surface area contributed by atoms with Gasteiger partial charge in [0.25, 0.3) is 11.1 Å². The number of hydrogen-bond donors (Lipinski definition) is 4. The van der Waals surface area contributed by atoms with E-state index in [1.807, 2.05) is 0 Å². The smallest absolute Gasteiger partial charge is 0.308 e. The molecule has 4 aliphatic heterocycles. The molecule has 4 N–H and O–H groups in total. The number of aromatic nitrogens is 2. The van der Waals surface area contributed by atoms with Crippen LogP contribution in [0, 0.1) is 35.3 Å². The maximum absolute atomic E-state index is 14.4. The van der Waals surface area contributed by atoms with E-state index in [1.165, 1.54) is 57.7 Å². The summed E-state index contributed by atoms with van der Waals surface area (Å²) in [4.78, 5) is 49.0. The van der Waals surface area contributed by atoms with Crippen molar-refractivity contribution < 1.29 is 55.6 Å². The van der Waals surface area contributed by atoms with Crippen molar-refractivity contribution in [3.05, 3.63) is 140 Å². The fourth-order valence-corrected chi connectivity index (χ4v) is 13.3. The fraction of sp³-hybridized carbons (Fsp3) is 0.333. The summed E-state index contributed by atoms with van der Waals surface area (Å²) in [6.07, 6.45) is 6.59. The van der Waals surface area contributed by atoms with Crippen LogP contribution in [0.5, 0.6) is 0 Å². The lowest BCUT2D eigenvalue weighted by Gasteiger charge is -2.37. The number of fused-ring (bicyclic) bond motifs is 8. The Hall–Kier alpha value is -5.64. The van der Waals surface area contributed by atoms with Crippen LogP contribution in [0.1, 0.15) is 48.4 Å². The van der Waals surface area contributed by atoms with Crippen LogP contribution in [-0.2, 0) is 42.7 Å². The van der Waals surface area contributed by atoms with E-state index < -0.39 is 114 Å². The van der Waals surface area contributed by atoms with Gasteiger partial charge in [0.05, 0.1) is 23.9 Å². The van der Waals surface area contributed by atoms with Crippen LogP contribution in [0.15, 0.2) is 104 Å². The number of aliphatic hydroxyl groups is 2. The molecule has 2 fully saturated rings. The second-order valence-electron chi connectivity index (χ2n) is 15.2. The molecular formula is C42H42F2N4O12S2. The Labute approximate surface area is 354 Å². The number of rotatable bonds is 10. The summed E-state index contributed by atoms with van der Waals surface area (Å²) in [5.41, 5.74) is 0.412. The number of hydrogen-bond acceptors (Lipinski definition) is 10. The van der Waals surface area contributed by atoms with Gasteiger partial charge in [-0.25, -0.2) is 25.6 Å². The lowest BCUT2D eigenvalue weighted by atomic mass is 9.87. The summed E-state index contributed by atoms with van der Waals surface area (Å²) < 4.78 is 87.4. The zero-order valence-electron chi connectivity index (χ0n) is 33.1. The Morgan fingerprint density at radius 1 is 0.629 bits per heavy atom. The molecule has 0 radical (unpaired) electrons. The van der Waals surface area contributed by atoms with Crippen LogP contribution in [0.3, 0.4) is 0 Å². The first kappa shape index (κ1) is 44.4. The van der Waals surface area contributed by atoms with Crippen molar-refractivity contribution in [2.45, 2.75) is 60.9 Å². The molecule has 0 aliphatic carbocycles. The SMILES string of the molecule is C/C=C/c1ccc2n(c1=O)C[C@H]1[C@H](CO)[C@@H](C(=O)O)[C@@H]2N1S(=O)(=O)c1ccccc1F.C/C=C\c1ccc2n(c1=O)C[C@H]1[C@H](CO)[C@@H](C(=O)O)[C@@H]2N1S(=O)(=O)c1ccccc1F. The molecule has 20 heteroatoms. The lowest BCUT2D eigenvalue weighted by molar-refractivity contribution is -0.145. The number of carbonyl (C=O) groups is 2. The van der Waals surface area contributed by atoms with E-state index in [4.69, 9.17) is 0 Å². The minimum Gasteiger partial charge on any atom is -0.481 e. The molecule has 2 saturated heterocycles. The molecule has 4 aromatic rings. The molecular weight excluding hydrogens is 855 g/mol. The first-order chi connectivity index (χ1) is 29.5. The van der Waals surface area contributed by atoms with Crippen LogP contribution in [-0.4, -0.2) is 92.2 Å². The molecule has 0 unspecified atom stereocenters. The van der Waals surface area contributed by atoms with Crippen LogP contribution in [0.2, 0.25) is 0 Å². The topological polar surface area (TPSA) is 234 Å². The number of allylic oxidation sites excluding steroid dienone is 2. The standard InChI is InChI=1S/2C21H21FN2O6S/c2*1-2-5-12-8-9-15-19-18(21(27)28)13(11-25)16(10-23(15)20(12)26)24(19)31(29,30)17-7-4-3-6-14(17)22/h2*2-9,13,16,18-19,25H,10-11H2,1H3,(H,27,28)/b5-2+;5-2-/t2*13-,16-,18+,19+/m00/s1. The van der Waals surface area contributed by atoms with Crippen LogP contribution < -0.4 is 11.1 Å². The van der Waals surface area contributed by atoms with Gasteiger partial charge in [0.1, 0.15) is 21.4 Å². The molecule has 8 atom stereocenters. The van der Waals surface area contributed by atoms with Crippen molar-refractivity contribution in [2.24, 2.45) is 23.7 Å². The minimum absolute atomic E-state index is 0.140. The van der Waals surface area contributed by atoms with E-state index >= 15 is 0 Å². The van der Waals surface area contributed by atoms with Gasteiger partial charge in [-0.1, -0.05) is 48.6 Å². The maximum Gasteiger partial charge on any atom is 0.308 e. The Morgan fingerprint density at radius 2 is 0.984 bits per heavy atom. The molecule has 328 valence electrons. The molecule has 2 aromatic carbocycles. The van der Waals surface area contributed by atoms with Crippen LogP contribution in [0.4, 0.5) is 8.78 Å². The molecule has 0 amide bonds. The van der Waals surface area contributed by atoms with Gasteiger partial charge in [0.2, 0.25) is 20.0 Å². The summed E-state index contributed by atoms with van der Waals surface area (Å²) >= 11 is 0. The summed E-state index contributed by atoms with van der Waals surface area (Å²) in [6, 6.07) is 11.2. The number of pyridine rings is 2. The molecule has 4 aliphatic rings. The Morgan fingerprint density at radius 3 is 1.29 bits per heavy atom. The highest BCUT2D eigenvalue weighted by Gasteiger charge is 2.62. The van der Waals surface area contributed by atoms with E-state index in [2.05, 4.69) is 0 Å². The van der Waals surface area contributed by atoms with Crippen molar-refractivity contribution in [1.29, 1.82) is 0 Å². The number of benzene rings is 2. The average molecular weight is 897 g/mol. The van der Waals surface area contributed by atoms with E-state index in [0.717, 1.165) is 32.9 Å². The van der Waals surface area contributed by atoms with Crippen molar-refractivity contribution in [2.75, 3.05) is 13.2 Å². The number of aliphatic hydroxyl groups excluding tert-OH is 2. The van der Waals surface area contributed by atoms with Gasteiger partial charge in [-0.05, 0) is 62.4 Å². The predicted molar refractivity (Wildman–Crippen MR) is 218 cm³/mol. The molecule has 2 aromatic heterocycles. The minimum atomic E-state index is -4.46. The third-order valence-electron chi connectivity index (χ3n) is 12.1. The summed E-state index contributed by atoms with van der Waals surface area (Å²) in [5.74, 6) is -9.02. The van der Waals surface area contributed by atoms with Gasteiger partial charge in [-0.2, -0.15) is 8.61 Å². The lowest BCUT2D eigenvalue weighted by Crippen LogP contribution is -2.49. The average Bonchev–Trinajstić information content (AvgIpc) is 3.65. The van der Waals surface area contributed by atoms with Gasteiger partial charge in [-0.15, -0.1) is 0 Å². The predicted octanol–water partition coefficient (Wildman–Crippen LogP) is 2.92. The van der Waals surface area contributed by atoms with Crippen molar-refractivity contribution in [3.63, 3.8) is 0 Å². The van der Waals surface area contributed by atoms with E-state index in [9.17, 15) is 65.2 Å². The Bertz CT molecular complexity index is 2670. The van der Waals surface area contributed by atoms with Gasteiger partial charge in [0.15, 0.2) is 0 Å². The Kier molecular flexibility index (Phi) is 12.1. The summed E-state index contributed by atoms with van der Waals surface area (Å²) in [6.45, 7) is 2.03. The van der Waals surface area contributed by atoms with Crippen LogP contribution in [0.25, 0.3) is 12.2 Å². The maximum atomic E-state index is 14.4. The largest absolute Gasteiger partial charge is 0.481 e. The van der Waals surface area contributed by atoms with E-state index in [-0.39, 0.29) is 35.6 Å². The summed E-state index contributed by atoms with van der Waals surface area (Å²) in [7, 11) is -8.92.